The highest BCUT2D eigenvalue weighted by atomic mass is 19.4. The number of nitriles is 1. The zero-order valence-electron chi connectivity index (χ0n) is 7.71. The molecular formula is C10H8F3NO. The molecule has 2 nitrogen and oxygen atoms in total. The average Bonchev–Trinajstić information content (AvgIpc) is 2.17. The Morgan fingerprint density at radius 1 is 1.33 bits per heavy atom. The van der Waals surface area contributed by atoms with Crippen molar-refractivity contribution in [3.05, 3.63) is 29.8 Å². The van der Waals surface area contributed by atoms with Crippen molar-refractivity contribution in [3.63, 3.8) is 0 Å². The average molecular weight is 215 g/mol. The number of rotatable bonds is 3. The molecule has 80 valence electrons. The smallest absolute Gasteiger partial charge is 0.416 e. The molecule has 0 atom stereocenters. The molecule has 0 unspecified atom stereocenters. The van der Waals surface area contributed by atoms with E-state index in [9.17, 15) is 13.2 Å². The maximum Gasteiger partial charge on any atom is 0.416 e. The standard InChI is InChI=1S/C10H8F3NO/c11-10(12,13)8-3-1-4-9(7-8)15-6-2-5-14/h1,3-4,7H,2,6H2. The summed E-state index contributed by atoms with van der Waals surface area (Å²) in [6.07, 6.45) is -4.22. The largest absolute Gasteiger partial charge is 0.493 e. The summed E-state index contributed by atoms with van der Waals surface area (Å²) in [4.78, 5) is 0. The van der Waals surface area contributed by atoms with Crippen molar-refractivity contribution in [3.8, 4) is 11.8 Å². The van der Waals surface area contributed by atoms with Crippen molar-refractivity contribution in [2.75, 3.05) is 6.61 Å². The van der Waals surface area contributed by atoms with Crippen LogP contribution in [0.15, 0.2) is 24.3 Å². The molecule has 1 aromatic rings. The third kappa shape index (κ3) is 3.50. The number of hydrogen-bond acceptors (Lipinski definition) is 2. The van der Waals surface area contributed by atoms with Crippen molar-refractivity contribution >= 4 is 0 Å². The maximum atomic E-state index is 12.2. The predicted octanol–water partition coefficient (Wildman–Crippen LogP) is 3.00. The minimum absolute atomic E-state index is 0.0951. The minimum atomic E-state index is -4.37. The molecule has 0 N–H and O–H groups in total. The molecule has 0 amide bonds. The van der Waals surface area contributed by atoms with E-state index in [0.717, 1.165) is 12.1 Å². The normalized spacial score (nSPS) is 10.8. The fraction of sp³-hybridized carbons (Fsp3) is 0.300. The summed E-state index contributed by atoms with van der Waals surface area (Å²) < 4.78 is 41.7. The molecule has 0 fully saturated rings. The Kier molecular flexibility index (Phi) is 3.56. The molecule has 1 aromatic carbocycles. The van der Waals surface area contributed by atoms with Crippen LogP contribution in [0.4, 0.5) is 13.2 Å². The summed E-state index contributed by atoms with van der Waals surface area (Å²) in [5.74, 6) is 0.125. The SMILES string of the molecule is N#CCCOc1cccc(C(F)(F)F)c1. The predicted molar refractivity (Wildman–Crippen MR) is 47.2 cm³/mol. The number of alkyl halides is 3. The maximum absolute atomic E-state index is 12.2. The first-order chi connectivity index (χ1) is 7.04. The lowest BCUT2D eigenvalue weighted by Gasteiger charge is -2.08. The van der Waals surface area contributed by atoms with Gasteiger partial charge in [-0.2, -0.15) is 18.4 Å². The molecular weight excluding hydrogens is 207 g/mol. The number of ether oxygens (including phenoxy) is 1. The molecule has 0 heterocycles. The Morgan fingerprint density at radius 3 is 2.67 bits per heavy atom. The number of halogens is 3. The van der Waals surface area contributed by atoms with Gasteiger partial charge in [0.1, 0.15) is 12.4 Å². The highest BCUT2D eigenvalue weighted by Crippen LogP contribution is 2.31. The number of benzene rings is 1. The van der Waals surface area contributed by atoms with Crippen LogP contribution in [0.3, 0.4) is 0 Å². The van der Waals surface area contributed by atoms with Crippen molar-refractivity contribution in [1.82, 2.24) is 0 Å². The van der Waals surface area contributed by atoms with E-state index >= 15 is 0 Å². The molecule has 0 saturated carbocycles. The van der Waals surface area contributed by atoms with Crippen molar-refractivity contribution in [1.29, 1.82) is 5.26 Å². The minimum Gasteiger partial charge on any atom is -0.493 e. The van der Waals surface area contributed by atoms with Crippen molar-refractivity contribution in [2.45, 2.75) is 12.6 Å². The van der Waals surface area contributed by atoms with Crippen LogP contribution in [0.2, 0.25) is 0 Å². The Morgan fingerprint density at radius 2 is 2.07 bits per heavy atom. The van der Waals surface area contributed by atoms with E-state index in [4.69, 9.17) is 10.00 Å². The molecule has 15 heavy (non-hydrogen) atoms. The van der Waals surface area contributed by atoms with Gasteiger partial charge in [-0.1, -0.05) is 6.07 Å². The first-order valence-electron chi connectivity index (χ1n) is 4.21. The van der Waals surface area contributed by atoms with Gasteiger partial charge in [-0.25, -0.2) is 0 Å². The van der Waals surface area contributed by atoms with Crippen LogP contribution >= 0.6 is 0 Å². The van der Waals surface area contributed by atoms with Crippen LogP contribution in [0.1, 0.15) is 12.0 Å². The number of nitrogens with zero attached hydrogens (tertiary/aromatic N) is 1. The van der Waals surface area contributed by atoms with Gasteiger partial charge < -0.3 is 4.74 Å². The first-order valence-corrected chi connectivity index (χ1v) is 4.21. The van der Waals surface area contributed by atoms with Gasteiger partial charge in [0.2, 0.25) is 0 Å². The van der Waals surface area contributed by atoms with E-state index in [1.165, 1.54) is 12.1 Å². The van der Waals surface area contributed by atoms with Gasteiger partial charge in [-0.15, -0.1) is 0 Å². The molecule has 0 spiro atoms. The Balaban J connectivity index is 2.71. The summed E-state index contributed by atoms with van der Waals surface area (Å²) in [7, 11) is 0. The van der Waals surface area contributed by atoms with Crippen LogP contribution < -0.4 is 4.74 Å². The Labute approximate surface area is 84.9 Å². The van der Waals surface area contributed by atoms with Crippen LogP contribution in [0.5, 0.6) is 5.75 Å². The van der Waals surface area contributed by atoms with Crippen LogP contribution in [0, 0.1) is 11.3 Å². The molecule has 1 rings (SSSR count). The van der Waals surface area contributed by atoms with E-state index in [-0.39, 0.29) is 18.8 Å². The first kappa shape index (κ1) is 11.4. The third-order valence-corrected chi connectivity index (χ3v) is 1.64. The fourth-order valence-corrected chi connectivity index (χ4v) is 0.977. The Bertz CT molecular complexity index is 368. The molecule has 0 saturated heterocycles. The zero-order valence-corrected chi connectivity index (χ0v) is 7.71. The van der Waals surface area contributed by atoms with Crippen molar-refractivity contribution in [2.24, 2.45) is 0 Å². The highest BCUT2D eigenvalue weighted by Gasteiger charge is 2.30. The van der Waals surface area contributed by atoms with E-state index in [2.05, 4.69) is 0 Å². The van der Waals surface area contributed by atoms with Crippen LogP contribution in [-0.4, -0.2) is 6.61 Å². The summed E-state index contributed by atoms with van der Waals surface area (Å²) in [6, 6.07) is 6.41. The number of hydrogen-bond donors (Lipinski definition) is 0. The van der Waals surface area contributed by atoms with E-state index in [1.54, 1.807) is 0 Å². The summed E-state index contributed by atoms with van der Waals surface area (Å²) in [5, 5.41) is 8.22. The summed E-state index contributed by atoms with van der Waals surface area (Å²) in [6.45, 7) is 0.0951. The van der Waals surface area contributed by atoms with Crippen molar-refractivity contribution < 1.29 is 17.9 Å². The van der Waals surface area contributed by atoms with Gasteiger partial charge in [-0.3, -0.25) is 0 Å². The second kappa shape index (κ2) is 4.69. The van der Waals surface area contributed by atoms with Crippen LogP contribution in [0.25, 0.3) is 0 Å². The summed E-state index contributed by atoms with van der Waals surface area (Å²) in [5.41, 5.74) is -0.753. The van der Waals surface area contributed by atoms with Gasteiger partial charge in [0.05, 0.1) is 18.1 Å². The van der Waals surface area contributed by atoms with Gasteiger partial charge in [0, 0.05) is 0 Å². The molecule has 0 radical (unpaired) electrons. The quantitative estimate of drug-likeness (QED) is 0.726. The van der Waals surface area contributed by atoms with Gasteiger partial charge >= 0.3 is 6.18 Å². The Hall–Kier alpha value is -1.70. The van der Waals surface area contributed by atoms with Gasteiger partial charge in [0.25, 0.3) is 0 Å². The molecule has 0 aliphatic rings. The molecule has 0 bridgehead atoms. The topological polar surface area (TPSA) is 33.0 Å². The van der Waals surface area contributed by atoms with E-state index in [1.807, 2.05) is 6.07 Å². The lowest BCUT2D eigenvalue weighted by atomic mass is 10.2. The summed E-state index contributed by atoms with van der Waals surface area (Å²) >= 11 is 0. The van der Waals surface area contributed by atoms with E-state index in [0.29, 0.717) is 0 Å². The van der Waals surface area contributed by atoms with Gasteiger partial charge in [0.15, 0.2) is 0 Å². The molecule has 0 aliphatic carbocycles. The lowest BCUT2D eigenvalue weighted by Crippen LogP contribution is -2.05. The second-order valence-electron chi connectivity index (χ2n) is 2.78. The highest BCUT2D eigenvalue weighted by molar-refractivity contribution is 5.30. The molecule has 0 aromatic heterocycles. The second-order valence-corrected chi connectivity index (χ2v) is 2.78. The fourth-order valence-electron chi connectivity index (χ4n) is 0.977. The molecule has 0 aliphatic heterocycles. The monoisotopic (exact) mass is 215 g/mol. The third-order valence-electron chi connectivity index (χ3n) is 1.64. The lowest BCUT2D eigenvalue weighted by molar-refractivity contribution is -0.137. The van der Waals surface area contributed by atoms with Gasteiger partial charge in [-0.05, 0) is 18.2 Å². The van der Waals surface area contributed by atoms with Crippen LogP contribution in [-0.2, 0) is 6.18 Å². The molecule has 5 heteroatoms. The zero-order chi connectivity index (χ0) is 11.3. The van der Waals surface area contributed by atoms with E-state index < -0.39 is 11.7 Å².